The molecule has 0 spiro atoms. The van der Waals surface area contributed by atoms with Gasteiger partial charge in [0.1, 0.15) is 6.54 Å². The van der Waals surface area contributed by atoms with Crippen molar-refractivity contribution in [1.29, 1.82) is 0 Å². The van der Waals surface area contributed by atoms with Crippen LogP contribution >= 0.6 is 31.9 Å². The maximum atomic E-state index is 12.6. The monoisotopic (exact) mass is 416 g/mol. The molecule has 0 unspecified atom stereocenters. The summed E-state index contributed by atoms with van der Waals surface area (Å²) in [7, 11) is 0. The fourth-order valence-corrected chi connectivity index (χ4v) is 2.77. The van der Waals surface area contributed by atoms with Crippen LogP contribution in [0.15, 0.2) is 27.3 Å². The van der Waals surface area contributed by atoms with E-state index in [1.807, 2.05) is 12.1 Å². The summed E-state index contributed by atoms with van der Waals surface area (Å²) in [6.45, 7) is 3.27. The van der Waals surface area contributed by atoms with Gasteiger partial charge in [0, 0.05) is 32.1 Å². The van der Waals surface area contributed by atoms with E-state index in [0.717, 1.165) is 19.8 Å². The molecule has 1 aromatic carbocycles. The molecule has 1 heterocycles. The number of fused-ring (bicyclic) bond motifs is 1. The maximum absolute atomic E-state index is 12.6. The first kappa shape index (κ1) is 16.0. The Morgan fingerprint density at radius 1 is 1.29 bits per heavy atom. The van der Waals surface area contributed by atoms with Gasteiger partial charge in [0.25, 0.3) is 5.91 Å². The minimum Gasteiger partial charge on any atom is -0.480 e. The van der Waals surface area contributed by atoms with Gasteiger partial charge in [0.05, 0.1) is 5.56 Å². The smallest absolute Gasteiger partial charge is 0.323 e. The Balaban J connectivity index is 2.47. The molecule has 0 bridgehead atoms. The molecule has 1 aromatic heterocycles. The number of aromatic nitrogens is 1. The van der Waals surface area contributed by atoms with Crippen LogP contribution in [0, 0.1) is 0 Å². The zero-order chi connectivity index (χ0) is 15.7. The second-order valence-electron chi connectivity index (χ2n) is 4.93. The number of nitrogens with zero attached hydrogens (tertiary/aromatic N) is 1. The Morgan fingerprint density at radius 3 is 2.48 bits per heavy atom. The Bertz CT molecular complexity index is 710. The molecule has 2 aromatic rings. The minimum absolute atomic E-state index is 0.197. The second-order valence-corrected chi connectivity index (χ2v) is 6.64. The Labute approximate surface area is 138 Å². The lowest BCUT2D eigenvalue weighted by atomic mass is 10.1. The molecule has 0 aliphatic rings. The number of H-pyrrole nitrogens is 1. The average molecular weight is 418 g/mol. The van der Waals surface area contributed by atoms with Gasteiger partial charge >= 0.3 is 5.97 Å². The van der Waals surface area contributed by atoms with Crippen molar-refractivity contribution in [2.24, 2.45) is 0 Å². The number of aromatic amines is 1. The molecule has 21 heavy (non-hydrogen) atoms. The van der Waals surface area contributed by atoms with Crippen LogP contribution in [0.25, 0.3) is 10.9 Å². The Hall–Kier alpha value is -1.34. The lowest BCUT2D eigenvalue weighted by molar-refractivity contribution is -0.138. The predicted octanol–water partition coefficient (Wildman–Crippen LogP) is 3.63. The van der Waals surface area contributed by atoms with Crippen LogP contribution in [0.5, 0.6) is 0 Å². The summed E-state index contributed by atoms with van der Waals surface area (Å²) in [5, 5.41) is 9.71. The zero-order valence-corrected chi connectivity index (χ0v) is 14.7. The van der Waals surface area contributed by atoms with Gasteiger partial charge < -0.3 is 15.0 Å². The number of amides is 1. The van der Waals surface area contributed by atoms with Gasteiger partial charge in [-0.3, -0.25) is 9.59 Å². The number of aliphatic carboxylic acids is 1. The van der Waals surface area contributed by atoms with Crippen molar-refractivity contribution < 1.29 is 14.7 Å². The molecule has 0 saturated carbocycles. The molecule has 0 aliphatic carbocycles. The van der Waals surface area contributed by atoms with E-state index in [2.05, 4.69) is 36.8 Å². The summed E-state index contributed by atoms with van der Waals surface area (Å²) in [5.41, 5.74) is 1.28. The highest BCUT2D eigenvalue weighted by molar-refractivity contribution is 9.13. The fourth-order valence-electron chi connectivity index (χ4n) is 2.08. The number of nitrogens with one attached hydrogen (secondary N) is 1. The van der Waals surface area contributed by atoms with Gasteiger partial charge in [-0.1, -0.05) is 0 Å². The third kappa shape index (κ3) is 3.29. The quantitative estimate of drug-likeness (QED) is 0.797. The molecule has 0 radical (unpaired) electrons. The van der Waals surface area contributed by atoms with E-state index in [9.17, 15) is 9.59 Å². The van der Waals surface area contributed by atoms with Gasteiger partial charge in [-0.25, -0.2) is 0 Å². The molecule has 112 valence electrons. The highest BCUT2D eigenvalue weighted by Crippen LogP contribution is 2.30. The number of carbonyl (C=O) groups is 2. The van der Waals surface area contributed by atoms with Crippen molar-refractivity contribution in [2.75, 3.05) is 6.54 Å². The summed E-state index contributed by atoms with van der Waals surface area (Å²) in [4.78, 5) is 27.9. The second kappa shape index (κ2) is 6.19. The van der Waals surface area contributed by atoms with Gasteiger partial charge in [0.2, 0.25) is 0 Å². The predicted molar refractivity (Wildman–Crippen MR) is 87.5 cm³/mol. The topological polar surface area (TPSA) is 73.4 Å². The normalized spacial score (nSPS) is 11.1. The van der Waals surface area contributed by atoms with Crippen molar-refractivity contribution in [2.45, 2.75) is 19.9 Å². The van der Waals surface area contributed by atoms with Crippen molar-refractivity contribution in [1.82, 2.24) is 9.88 Å². The molecule has 0 atom stereocenters. The first-order chi connectivity index (χ1) is 9.81. The third-order valence-electron chi connectivity index (χ3n) is 3.14. The molecule has 1 amide bonds. The SMILES string of the molecule is CC(C)N(CC(=O)O)C(=O)c1c[nH]c2cc(Br)c(Br)cc12. The van der Waals surface area contributed by atoms with Crippen LogP contribution in [-0.4, -0.2) is 39.5 Å². The van der Waals surface area contributed by atoms with Crippen LogP contribution < -0.4 is 0 Å². The Kier molecular flexibility index (Phi) is 4.73. The largest absolute Gasteiger partial charge is 0.480 e. The highest BCUT2D eigenvalue weighted by Gasteiger charge is 2.24. The van der Waals surface area contributed by atoms with Crippen LogP contribution in [0.4, 0.5) is 0 Å². The van der Waals surface area contributed by atoms with E-state index >= 15 is 0 Å². The third-order valence-corrected chi connectivity index (χ3v) is 4.99. The number of hydrogen-bond donors (Lipinski definition) is 2. The summed E-state index contributed by atoms with van der Waals surface area (Å²) in [6.07, 6.45) is 1.61. The summed E-state index contributed by atoms with van der Waals surface area (Å²) in [5.74, 6) is -1.33. The number of carboxylic acid groups (broad SMARTS) is 1. The fraction of sp³-hybridized carbons (Fsp3) is 0.286. The lowest BCUT2D eigenvalue weighted by Gasteiger charge is -2.24. The van der Waals surface area contributed by atoms with Crippen LogP contribution in [-0.2, 0) is 4.79 Å². The molecule has 0 aliphatic heterocycles. The number of hydrogen-bond acceptors (Lipinski definition) is 2. The number of carbonyl (C=O) groups excluding carboxylic acids is 1. The van der Waals surface area contributed by atoms with Crippen LogP contribution in [0.3, 0.4) is 0 Å². The van der Waals surface area contributed by atoms with Gasteiger partial charge in [-0.15, -0.1) is 0 Å². The summed E-state index contributed by atoms with van der Waals surface area (Å²) in [6, 6.07) is 3.51. The molecule has 7 heteroatoms. The van der Waals surface area contributed by atoms with Gasteiger partial charge in [-0.05, 0) is 57.8 Å². The highest BCUT2D eigenvalue weighted by atomic mass is 79.9. The number of rotatable bonds is 4. The summed E-state index contributed by atoms with van der Waals surface area (Å²) >= 11 is 6.82. The zero-order valence-electron chi connectivity index (χ0n) is 11.5. The van der Waals surface area contributed by atoms with E-state index < -0.39 is 5.97 Å². The standard InChI is InChI=1S/C14H14Br2N2O3/c1-7(2)18(6-13(19)20)14(21)9-5-17-12-4-11(16)10(15)3-8(9)12/h3-5,7,17H,6H2,1-2H3,(H,19,20). The van der Waals surface area contributed by atoms with Gasteiger partial charge in [0.15, 0.2) is 0 Å². The molecule has 2 rings (SSSR count). The molecule has 5 nitrogen and oxygen atoms in total. The molecule has 0 fully saturated rings. The number of benzene rings is 1. The maximum Gasteiger partial charge on any atom is 0.323 e. The van der Waals surface area contributed by atoms with Crippen molar-refractivity contribution >= 4 is 54.6 Å². The Morgan fingerprint density at radius 2 is 1.90 bits per heavy atom. The van der Waals surface area contributed by atoms with E-state index in [1.165, 1.54) is 4.90 Å². The van der Waals surface area contributed by atoms with Crippen molar-refractivity contribution in [3.05, 3.63) is 32.8 Å². The van der Waals surface area contributed by atoms with Gasteiger partial charge in [-0.2, -0.15) is 0 Å². The van der Waals surface area contributed by atoms with E-state index in [-0.39, 0.29) is 18.5 Å². The van der Waals surface area contributed by atoms with Crippen molar-refractivity contribution in [3.63, 3.8) is 0 Å². The lowest BCUT2D eigenvalue weighted by Crippen LogP contribution is -2.40. The molecule has 2 N–H and O–H groups in total. The first-order valence-corrected chi connectivity index (χ1v) is 7.88. The van der Waals surface area contributed by atoms with E-state index in [1.54, 1.807) is 20.0 Å². The number of halogens is 2. The minimum atomic E-state index is -1.03. The van der Waals surface area contributed by atoms with Crippen molar-refractivity contribution in [3.8, 4) is 0 Å². The summed E-state index contributed by atoms with van der Waals surface area (Å²) < 4.78 is 1.71. The first-order valence-electron chi connectivity index (χ1n) is 6.30. The van der Waals surface area contributed by atoms with E-state index in [4.69, 9.17) is 5.11 Å². The van der Waals surface area contributed by atoms with E-state index in [0.29, 0.717) is 5.56 Å². The molecular formula is C14H14Br2N2O3. The van der Waals surface area contributed by atoms with Crippen LogP contribution in [0.1, 0.15) is 24.2 Å². The molecule has 0 saturated heterocycles. The average Bonchev–Trinajstić information content (AvgIpc) is 2.78. The molecular weight excluding hydrogens is 404 g/mol. The number of carboxylic acids is 1. The van der Waals surface area contributed by atoms with Crippen LogP contribution in [0.2, 0.25) is 0 Å².